The maximum Gasteiger partial charge on any atom is 0.0594 e. The van der Waals surface area contributed by atoms with Crippen LogP contribution in [0.1, 0.15) is 43.9 Å². The van der Waals surface area contributed by atoms with E-state index in [-0.39, 0.29) is 6.04 Å². The second-order valence-electron chi connectivity index (χ2n) is 5.05. The van der Waals surface area contributed by atoms with E-state index in [2.05, 4.69) is 38.1 Å². The molecule has 0 amide bonds. The first-order valence-corrected chi connectivity index (χ1v) is 6.68. The molecule has 0 radical (unpaired) electrons. The van der Waals surface area contributed by atoms with Gasteiger partial charge in [-0.15, -0.1) is 0 Å². The normalized spacial score (nSPS) is 26.1. The Morgan fingerprint density at radius 3 is 2.94 bits per heavy atom. The van der Waals surface area contributed by atoms with Crippen LogP contribution in [0.4, 0.5) is 0 Å². The van der Waals surface area contributed by atoms with Gasteiger partial charge in [-0.05, 0) is 30.9 Å². The zero-order valence-electron chi connectivity index (χ0n) is 10.9. The molecule has 0 bridgehead atoms. The third-order valence-corrected chi connectivity index (χ3v) is 3.77. The second kappa shape index (κ2) is 5.65. The van der Waals surface area contributed by atoms with E-state index in [1.165, 1.54) is 17.5 Å². The molecule has 0 spiro atoms. The summed E-state index contributed by atoms with van der Waals surface area (Å²) in [7, 11) is 0. The molecule has 1 heterocycles. The molecule has 0 saturated carbocycles. The summed E-state index contributed by atoms with van der Waals surface area (Å²) < 4.78 is 5.61. The van der Waals surface area contributed by atoms with Crippen molar-refractivity contribution in [2.45, 2.75) is 45.3 Å². The molecule has 1 aliphatic rings. The van der Waals surface area contributed by atoms with E-state index in [1.807, 2.05) is 0 Å². The van der Waals surface area contributed by atoms with Gasteiger partial charge < -0.3 is 10.5 Å². The van der Waals surface area contributed by atoms with Crippen molar-refractivity contribution in [3.63, 3.8) is 0 Å². The van der Waals surface area contributed by atoms with Crippen LogP contribution in [0, 0.1) is 5.92 Å². The lowest BCUT2D eigenvalue weighted by molar-refractivity contribution is 0.0995. The zero-order chi connectivity index (χ0) is 12.3. The molecule has 3 unspecified atom stereocenters. The fraction of sp³-hybridized carbons (Fsp3) is 0.600. The highest BCUT2D eigenvalue weighted by Gasteiger charge is 2.30. The van der Waals surface area contributed by atoms with Crippen LogP contribution in [0.3, 0.4) is 0 Å². The number of hydrogen-bond donors (Lipinski definition) is 1. The van der Waals surface area contributed by atoms with Crippen LogP contribution in [0.2, 0.25) is 0 Å². The van der Waals surface area contributed by atoms with Gasteiger partial charge in [0.2, 0.25) is 0 Å². The van der Waals surface area contributed by atoms with E-state index in [4.69, 9.17) is 10.5 Å². The molecule has 2 rings (SSSR count). The third-order valence-electron chi connectivity index (χ3n) is 3.77. The number of hydrogen-bond acceptors (Lipinski definition) is 2. The molecule has 94 valence electrons. The number of benzene rings is 1. The highest BCUT2D eigenvalue weighted by molar-refractivity contribution is 5.26. The maximum atomic E-state index is 6.38. The number of aryl methyl sites for hydroxylation is 1. The van der Waals surface area contributed by atoms with Gasteiger partial charge in [-0.1, -0.05) is 37.6 Å². The summed E-state index contributed by atoms with van der Waals surface area (Å²) in [5.41, 5.74) is 9.03. The Labute approximate surface area is 104 Å². The number of nitrogens with two attached hydrogens (primary N) is 1. The first kappa shape index (κ1) is 12.6. The van der Waals surface area contributed by atoms with Crippen LogP contribution in [0.15, 0.2) is 24.3 Å². The van der Waals surface area contributed by atoms with Gasteiger partial charge >= 0.3 is 0 Å². The average molecular weight is 233 g/mol. The lowest BCUT2D eigenvalue weighted by atomic mass is 9.88. The highest BCUT2D eigenvalue weighted by atomic mass is 16.5. The standard InChI is InChI=1S/C15H23NO/c1-3-5-12-6-4-7-13(10-12)15(16)14-8-9-17-11(14)2/h4,6-7,10-11,14-15H,3,5,8-9,16H2,1-2H3. The van der Waals surface area contributed by atoms with Crippen LogP contribution in [-0.4, -0.2) is 12.7 Å². The van der Waals surface area contributed by atoms with E-state index in [1.54, 1.807) is 0 Å². The minimum atomic E-state index is 0.115. The molecule has 0 aromatic heterocycles. The van der Waals surface area contributed by atoms with Gasteiger partial charge in [0.1, 0.15) is 0 Å². The van der Waals surface area contributed by atoms with Gasteiger partial charge in [0.15, 0.2) is 0 Å². The molecular weight excluding hydrogens is 210 g/mol. The van der Waals surface area contributed by atoms with Gasteiger partial charge in [-0.25, -0.2) is 0 Å². The van der Waals surface area contributed by atoms with Crippen molar-refractivity contribution in [1.29, 1.82) is 0 Å². The van der Waals surface area contributed by atoms with Crippen LogP contribution in [-0.2, 0) is 11.2 Å². The first-order valence-electron chi connectivity index (χ1n) is 6.68. The monoisotopic (exact) mass is 233 g/mol. The lowest BCUT2D eigenvalue weighted by Crippen LogP contribution is -2.26. The number of ether oxygens (including phenoxy) is 1. The zero-order valence-corrected chi connectivity index (χ0v) is 10.9. The Morgan fingerprint density at radius 2 is 2.29 bits per heavy atom. The van der Waals surface area contributed by atoms with Gasteiger partial charge in [0.05, 0.1) is 6.10 Å². The fourth-order valence-electron chi connectivity index (χ4n) is 2.71. The summed E-state index contributed by atoms with van der Waals surface area (Å²) in [6.07, 6.45) is 3.69. The van der Waals surface area contributed by atoms with Crippen molar-refractivity contribution < 1.29 is 4.74 Å². The van der Waals surface area contributed by atoms with Crippen LogP contribution in [0.25, 0.3) is 0 Å². The Morgan fingerprint density at radius 1 is 1.47 bits per heavy atom. The van der Waals surface area contributed by atoms with Gasteiger partial charge in [-0.3, -0.25) is 0 Å². The van der Waals surface area contributed by atoms with Crippen molar-refractivity contribution >= 4 is 0 Å². The smallest absolute Gasteiger partial charge is 0.0594 e. The molecule has 0 aliphatic carbocycles. The minimum Gasteiger partial charge on any atom is -0.378 e. The molecule has 1 aliphatic heterocycles. The van der Waals surface area contributed by atoms with Crippen molar-refractivity contribution in [3.05, 3.63) is 35.4 Å². The third kappa shape index (κ3) is 2.88. The number of rotatable bonds is 4. The van der Waals surface area contributed by atoms with Crippen LogP contribution < -0.4 is 5.73 Å². The molecule has 1 fully saturated rings. The largest absolute Gasteiger partial charge is 0.378 e. The average Bonchev–Trinajstić information content (AvgIpc) is 2.75. The fourth-order valence-corrected chi connectivity index (χ4v) is 2.71. The predicted octanol–water partition coefficient (Wildman–Crippen LogP) is 3.06. The van der Waals surface area contributed by atoms with Crippen molar-refractivity contribution in [1.82, 2.24) is 0 Å². The highest BCUT2D eigenvalue weighted by Crippen LogP contribution is 2.31. The van der Waals surface area contributed by atoms with E-state index >= 15 is 0 Å². The second-order valence-corrected chi connectivity index (χ2v) is 5.05. The molecule has 1 aromatic rings. The Kier molecular flexibility index (Phi) is 4.19. The Hall–Kier alpha value is -0.860. The SMILES string of the molecule is CCCc1cccc(C(N)C2CCOC2C)c1. The van der Waals surface area contributed by atoms with Crippen LogP contribution in [0.5, 0.6) is 0 Å². The Bertz CT molecular complexity index is 364. The minimum absolute atomic E-state index is 0.115. The molecule has 2 heteroatoms. The summed E-state index contributed by atoms with van der Waals surface area (Å²) in [6.45, 7) is 5.20. The Balaban J connectivity index is 2.12. The quantitative estimate of drug-likeness (QED) is 0.867. The van der Waals surface area contributed by atoms with Gasteiger partial charge in [-0.2, -0.15) is 0 Å². The van der Waals surface area contributed by atoms with E-state index in [9.17, 15) is 0 Å². The summed E-state index contributed by atoms with van der Waals surface area (Å²) in [5.74, 6) is 0.465. The van der Waals surface area contributed by atoms with E-state index in [0.717, 1.165) is 19.4 Å². The first-order chi connectivity index (χ1) is 8.22. The van der Waals surface area contributed by atoms with Gasteiger partial charge in [0, 0.05) is 18.6 Å². The molecule has 3 atom stereocenters. The summed E-state index contributed by atoms with van der Waals surface area (Å²) in [6, 6.07) is 8.84. The molecule has 17 heavy (non-hydrogen) atoms. The molecule has 1 aromatic carbocycles. The summed E-state index contributed by atoms with van der Waals surface area (Å²) >= 11 is 0. The topological polar surface area (TPSA) is 35.2 Å². The lowest BCUT2D eigenvalue weighted by Gasteiger charge is -2.22. The van der Waals surface area contributed by atoms with Crippen molar-refractivity contribution in [2.75, 3.05) is 6.61 Å². The molecule has 2 nitrogen and oxygen atoms in total. The van der Waals surface area contributed by atoms with Gasteiger partial charge in [0.25, 0.3) is 0 Å². The summed E-state index contributed by atoms with van der Waals surface area (Å²) in [5, 5.41) is 0. The van der Waals surface area contributed by atoms with Crippen molar-refractivity contribution in [3.8, 4) is 0 Å². The van der Waals surface area contributed by atoms with E-state index in [0.29, 0.717) is 12.0 Å². The summed E-state index contributed by atoms with van der Waals surface area (Å²) in [4.78, 5) is 0. The predicted molar refractivity (Wildman–Crippen MR) is 70.9 cm³/mol. The van der Waals surface area contributed by atoms with Crippen LogP contribution >= 0.6 is 0 Å². The maximum absolute atomic E-state index is 6.38. The van der Waals surface area contributed by atoms with Crippen molar-refractivity contribution in [2.24, 2.45) is 11.7 Å². The molecular formula is C15H23NO. The van der Waals surface area contributed by atoms with E-state index < -0.39 is 0 Å². The molecule has 2 N–H and O–H groups in total. The molecule has 1 saturated heterocycles.